The van der Waals surface area contributed by atoms with E-state index in [0.29, 0.717) is 11.0 Å². The molecule has 2 N–H and O–H groups in total. The van der Waals surface area contributed by atoms with Gasteiger partial charge in [0, 0.05) is 11.7 Å². The molecule has 2 aromatic carbocycles. The average molecular weight is 411 g/mol. The van der Waals surface area contributed by atoms with Gasteiger partial charge in [0.15, 0.2) is 0 Å². The summed E-state index contributed by atoms with van der Waals surface area (Å²) in [5.74, 6) is 0. The summed E-state index contributed by atoms with van der Waals surface area (Å²) in [4.78, 5) is 0.119. The first-order valence-electron chi connectivity index (χ1n) is 7.72. The van der Waals surface area contributed by atoms with E-state index in [-0.39, 0.29) is 21.5 Å². The Morgan fingerprint density at radius 3 is 2.35 bits per heavy atom. The van der Waals surface area contributed by atoms with E-state index in [1.54, 1.807) is 12.1 Å². The highest BCUT2D eigenvalue weighted by molar-refractivity contribution is 7.93. The predicted molar refractivity (Wildman–Crippen MR) is 98.0 cm³/mol. The molecule has 1 aromatic heterocycles. The highest BCUT2D eigenvalue weighted by Gasteiger charge is 2.28. The van der Waals surface area contributed by atoms with Crippen molar-refractivity contribution in [3.05, 3.63) is 42.5 Å². The molecule has 8 nitrogen and oxygen atoms in total. The predicted octanol–water partition coefficient (Wildman–Crippen LogP) is 1.93. The van der Waals surface area contributed by atoms with Gasteiger partial charge in [-0.25, -0.2) is 21.6 Å². The van der Waals surface area contributed by atoms with Crippen molar-refractivity contribution in [3.63, 3.8) is 0 Å². The average Bonchev–Trinajstić information content (AvgIpc) is 3.25. The molecule has 0 atom stereocenters. The number of sulfonamides is 2. The molecule has 0 saturated heterocycles. The Labute approximate surface area is 154 Å². The van der Waals surface area contributed by atoms with Crippen LogP contribution in [0.3, 0.4) is 0 Å². The molecule has 1 saturated carbocycles. The third kappa shape index (κ3) is 3.43. The maximum absolute atomic E-state index is 12.6. The molecule has 0 amide bonds. The first-order valence-corrected chi connectivity index (χ1v) is 11.4. The molecule has 3 aromatic rings. The van der Waals surface area contributed by atoms with Gasteiger partial charge in [0.2, 0.25) is 10.0 Å². The van der Waals surface area contributed by atoms with Crippen molar-refractivity contribution in [2.45, 2.75) is 28.7 Å². The lowest BCUT2D eigenvalue weighted by atomic mass is 10.3. The summed E-state index contributed by atoms with van der Waals surface area (Å²) < 4.78 is 62.7. The zero-order chi connectivity index (χ0) is 18.4. The SMILES string of the molecule is O=S(=O)(NC1CC1)c1ccc(NS(=O)(=O)c2cccc3nsnc23)cc1. The Hall–Kier alpha value is -2.08. The van der Waals surface area contributed by atoms with Gasteiger partial charge in [-0.3, -0.25) is 4.72 Å². The Kier molecular flexibility index (Phi) is 4.18. The molecule has 0 radical (unpaired) electrons. The van der Waals surface area contributed by atoms with Crippen LogP contribution in [0.5, 0.6) is 0 Å². The van der Waals surface area contributed by atoms with Crippen LogP contribution in [0, 0.1) is 0 Å². The van der Waals surface area contributed by atoms with Crippen LogP contribution in [0.2, 0.25) is 0 Å². The van der Waals surface area contributed by atoms with Crippen LogP contribution >= 0.6 is 11.7 Å². The van der Waals surface area contributed by atoms with E-state index < -0.39 is 20.0 Å². The van der Waals surface area contributed by atoms with Crippen LogP contribution in [-0.4, -0.2) is 31.6 Å². The third-order valence-electron chi connectivity index (χ3n) is 3.85. The molecular weight excluding hydrogens is 396 g/mol. The fourth-order valence-electron chi connectivity index (χ4n) is 2.40. The molecular formula is C15H14N4O4S3. The molecule has 136 valence electrons. The van der Waals surface area contributed by atoms with Gasteiger partial charge < -0.3 is 0 Å². The first kappa shape index (κ1) is 17.3. The van der Waals surface area contributed by atoms with Crippen molar-refractivity contribution in [1.29, 1.82) is 0 Å². The molecule has 1 aliphatic carbocycles. The Morgan fingerprint density at radius 1 is 0.923 bits per heavy atom. The van der Waals surface area contributed by atoms with E-state index >= 15 is 0 Å². The maximum atomic E-state index is 12.6. The lowest BCUT2D eigenvalue weighted by molar-refractivity contribution is 0.581. The Balaban J connectivity index is 1.59. The van der Waals surface area contributed by atoms with Gasteiger partial charge in [-0.15, -0.1) is 0 Å². The summed E-state index contributed by atoms with van der Waals surface area (Å²) in [5, 5.41) is 0. The minimum absolute atomic E-state index is 0.00499. The standard InChI is InChI=1S/C15H14N4O4S3/c20-25(21,18-10-4-5-10)12-8-6-11(7-9-12)19-26(22,23)14-3-1-2-13-15(14)17-24-16-13/h1-3,6-10,18-19H,4-5H2. The third-order valence-corrected chi connectivity index (χ3v) is 7.35. The van der Waals surface area contributed by atoms with E-state index in [4.69, 9.17) is 0 Å². The van der Waals surface area contributed by atoms with Gasteiger partial charge in [-0.05, 0) is 49.2 Å². The molecule has 0 unspecified atom stereocenters. The second-order valence-corrected chi connectivity index (χ2v) is 9.81. The molecule has 1 heterocycles. The summed E-state index contributed by atoms with van der Waals surface area (Å²) in [6, 6.07) is 10.3. The minimum atomic E-state index is -3.88. The maximum Gasteiger partial charge on any atom is 0.264 e. The zero-order valence-electron chi connectivity index (χ0n) is 13.3. The summed E-state index contributed by atoms with van der Waals surface area (Å²) in [6.07, 6.45) is 1.68. The van der Waals surface area contributed by atoms with Crippen LogP contribution in [0.25, 0.3) is 11.0 Å². The topological polar surface area (TPSA) is 118 Å². The zero-order valence-corrected chi connectivity index (χ0v) is 15.7. The monoisotopic (exact) mass is 410 g/mol. The Bertz CT molecular complexity index is 1170. The van der Waals surface area contributed by atoms with Crippen LogP contribution < -0.4 is 9.44 Å². The summed E-state index contributed by atoms with van der Waals surface area (Å²) in [5.41, 5.74) is 1.07. The molecule has 0 bridgehead atoms. The van der Waals surface area contributed by atoms with Crippen molar-refractivity contribution < 1.29 is 16.8 Å². The van der Waals surface area contributed by atoms with Gasteiger partial charge in [-0.2, -0.15) is 8.75 Å². The molecule has 0 aliphatic heterocycles. The van der Waals surface area contributed by atoms with Gasteiger partial charge in [0.25, 0.3) is 10.0 Å². The number of nitrogens with zero attached hydrogens (tertiary/aromatic N) is 2. The van der Waals surface area contributed by atoms with Gasteiger partial charge in [-0.1, -0.05) is 6.07 Å². The molecule has 1 fully saturated rings. The highest BCUT2D eigenvalue weighted by atomic mass is 32.2. The number of fused-ring (bicyclic) bond motifs is 1. The largest absolute Gasteiger partial charge is 0.280 e. The van der Waals surface area contributed by atoms with Gasteiger partial charge >= 0.3 is 0 Å². The van der Waals surface area contributed by atoms with Gasteiger partial charge in [0.1, 0.15) is 15.9 Å². The fourth-order valence-corrected chi connectivity index (χ4v) is 5.53. The number of nitrogens with one attached hydrogen (secondary N) is 2. The van der Waals surface area contributed by atoms with Crippen molar-refractivity contribution >= 4 is 48.5 Å². The second kappa shape index (κ2) is 6.27. The lowest BCUT2D eigenvalue weighted by Crippen LogP contribution is -2.25. The van der Waals surface area contributed by atoms with Crippen LogP contribution in [0.4, 0.5) is 5.69 Å². The van der Waals surface area contributed by atoms with E-state index in [1.807, 2.05) is 0 Å². The van der Waals surface area contributed by atoms with Crippen molar-refractivity contribution in [1.82, 2.24) is 13.5 Å². The number of aromatic nitrogens is 2. The van der Waals surface area contributed by atoms with Crippen molar-refractivity contribution in [2.75, 3.05) is 4.72 Å². The first-order chi connectivity index (χ1) is 12.4. The number of rotatable bonds is 6. The van der Waals surface area contributed by atoms with Gasteiger partial charge in [0.05, 0.1) is 16.6 Å². The number of hydrogen-bond acceptors (Lipinski definition) is 7. The number of anilines is 1. The molecule has 1 aliphatic rings. The van der Waals surface area contributed by atoms with E-state index in [0.717, 1.165) is 24.6 Å². The second-order valence-electron chi connectivity index (χ2n) is 5.91. The molecule has 11 heteroatoms. The molecule has 4 rings (SSSR count). The van der Waals surface area contributed by atoms with Crippen LogP contribution in [0.15, 0.2) is 52.3 Å². The van der Waals surface area contributed by atoms with Crippen molar-refractivity contribution in [3.8, 4) is 0 Å². The fraction of sp³-hybridized carbons (Fsp3) is 0.200. The van der Waals surface area contributed by atoms with E-state index in [2.05, 4.69) is 18.2 Å². The minimum Gasteiger partial charge on any atom is -0.280 e. The Morgan fingerprint density at radius 2 is 1.65 bits per heavy atom. The number of benzene rings is 2. The summed E-state index contributed by atoms with van der Waals surface area (Å²) in [6.45, 7) is 0. The van der Waals surface area contributed by atoms with E-state index in [9.17, 15) is 16.8 Å². The smallest absolute Gasteiger partial charge is 0.264 e. The van der Waals surface area contributed by atoms with Crippen molar-refractivity contribution in [2.24, 2.45) is 0 Å². The highest BCUT2D eigenvalue weighted by Crippen LogP contribution is 2.25. The molecule has 0 spiro atoms. The quantitative estimate of drug-likeness (QED) is 0.641. The normalized spacial score (nSPS) is 15.2. The summed E-state index contributed by atoms with van der Waals surface area (Å²) in [7, 11) is -7.45. The van der Waals surface area contributed by atoms with Crippen LogP contribution in [0.1, 0.15) is 12.8 Å². The lowest BCUT2D eigenvalue weighted by Gasteiger charge is -2.10. The molecule has 26 heavy (non-hydrogen) atoms. The number of hydrogen-bond donors (Lipinski definition) is 2. The van der Waals surface area contributed by atoms with Crippen LogP contribution in [-0.2, 0) is 20.0 Å². The summed E-state index contributed by atoms with van der Waals surface area (Å²) >= 11 is 0.938. The van der Waals surface area contributed by atoms with E-state index in [1.165, 1.54) is 30.3 Å².